The normalized spacial score (nSPS) is 18.6. The molecule has 27 heavy (non-hydrogen) atoms. The van der Waals surface area contributed by atoms with Gasteiger partial charge in [-0.2, -0.15) is 10.5 Å². The molecule has 0 spiro atoms. The summed E-state index contributed by atoms with van der Waals surface area (Å²) in [5.74, 6) is 0.764. The second kappa shape index (κ2) is 8.73. The Labute approximate surface area is 158 Å². The van der Waals surface area contributed by atoms with Gasteiger partial charge in [0.05, 0.1) is 29.4 Å². The fraction of sp³-hybridized carbons (Fsp3) is 0.286. The fourth-order valence-electron chi connectivity index (χ4n) is 3.14. The van der Waals surface area contributed by atoms with E-state index >= 15 is 0 Å². The molecule has 0 saturated heterocycles. The molecule has 3 rings (SSSR count). The Morgan fingerprint density at radius 3 is 2.33 bits per heavy atom. The number of carbonyl (C=O) groups excluding carboxylic acids is 1. The van der Waals surface area contributed by atoms with E-state index in [1.807, 2.05) is 12.1 Å². The lowest BCUT2D eigenvalue weighted by Gasteiger charge is -2.29. The summed E-state index contributed by atoms with van der Waals surface area (Å²) in [6, 6.07) is 17.9. The highest BCUT2D eigenvalue weighted by molar-refractivity contribution is 5.89. The zero-order valence-corrected chi connectivity index (χ0v) is 14.8. The van der Waals surface area contributed by atoms with Crippen LogP contribution in [-0.4, -0.2) is 18.2 Å². The Bertz CT molecular complexity index is 872. The first kappa shape index (κ1) is 18.3. The van der Waals surface area contributed by atoms with Crippen molar-refractivity contribution in [2.75, 3.05) is 5.32 Å². The van der Waals surface area contributed by atoms with Gasteiger partial charge in [-0.05, 0) is 68.1 Å². The van der Waals surface area contributed by atoms with Crippen molar-refractivity contribution in [2.45, 2.75) is 37.8 Å². The second-order valence-electron chi connectivity index (χ2n) is 6.52. The van der Waals surface area contributed by atoms with E-state index in [-0.39, 0.29) is 18.2 Å². The minimum Gasteiger partial charge on any atom is -0.490 e. The molecule has 1 saturated carbocycles. The van der Waals surface area contributed by atoms with Crippen molar-refractivity contribution in [3.8, 4) is 17.9 Å². The Balaban J connectivity index is 1.44. The van der Waals surface area contributed by atoms with Crippen LogP contribution in [0.15, 0.2) is 48.5 Å². The number of hydrogen-bond acceptors (Lipinski definition) is 4. The van der Waals surface area contributed by atoms with E-state index in [0.29, 0.717) is 16.8 Å². The number of rotatable bonds is 4. The molecular weight excluding hydrogens is 340 g/mol. The van der Waals surface area contributed by atoms with Crippen molar-refractivity contribution in [1.29, 1.82) is 10.5 Å². The lowest BCUT2D eigenvalue weighted by atomic mass is 9.93. The van der Waals surface area contributed by atoms with Gasteiger partial charge in [-0.1, -0.05) is 6.07 Å². The van der Waals surface area contributed by atoms with E-state index in [2.05, 4.69) is 22.8 Å². The summed E-state index contributed by atoms with van der Waals surface area (Å²) in [6.07, 6.45) is 3.51. The first-order valence-corrected chi connectivity index (χ1v) is 8.91. The molecule has 0 bridgehead atoms. The largest absolute Gasteiger partial charge is 0.490 e. The van der Waals surface area contributed by atoms with Gasteiger partial charge in [-0.3, -0.25) is 0 Å². The van der Waals surface area contributed by atoms with Gasteiger partial charge in [-0.25, -0.2) is 4.79 Å². The smallest absolute Gasteiger partial charge is 0.319 e. The first-order chi connectivity index (χ1) is 13.2. The number of nitriles is 2. The number of carbonyl (C=O) groups is 1. The van der Waals surface area contributed by atoms with Crippen LogP contribution in [0.5, 0.6) is 5.75 Å². The van der Waals surface area contributed by atoms with Gasteiger partial charge in [0.1, 0.15) is 5.75 Å². The van der Waals surface area contributed by atoms with Gasteiger partial charge in [-0.15, -0.1) is 0 Å². The standard InChI is InChI=1S/C21H20N4O2/c22-13-15-4-8-19(9-5-15)27-20-10-6-17(7-11-20)24-21(26)25-18-3-1-2-16(12-18)14-23/h1-5,8-9,12,17,20H,6-7,10-11H2,(H2,24,25,26). The van der Waals surface area contributed by atoms with Gasteiger partial charge >= 0.3 is 6.03 Å². The van der Waals surface area contributed by atoms with E-state index in [9.17, 15) is 4.79 Å². The number of hydrogen-bond donors (Lipinski definition) is 2. The van der Waals surface area contributed by atoms with E-state index in [1.165, 1.54) is 0 Å². The van der Waals surface area contributed by atoms with Crippen LogP contribution < -0.4 is 15.4 Å². The Hall–Kier alpha value is -3.51. The molecule has 6 heteroatoms. The molecule has 6 nitrogen and oxygen atoms in total. The topological polar surface area (TPSA) is 97.9 Å². The minimum atomic E-state index is -0.262. The predicted octanol–water partition coefficient (Wildman–Crippen LogP) is 3.94. The number of ether oxygens (including phenoxy) is 1. The predicted molar refractivity (Wildman–Crippen MR) is 101 cm³/mol. The van der Waals surface area contributed by atoms with Crippen LogP contribution >= 0.6 is 0 Å². The molecule has 2 aromatic rings. The van der Waals surface area contributed by atoms with Crippen molar-refractivity contribution < 1.29 is 9.53 Å². The number of nitrogens with zero attached hydrogens (tertiary/aromatic N) is 2. The monoisotopic (exact) mass is 360 g/mol. The molecule has 1 aliphatic rings. The Morgan fingerprint density at radius 1 is 0.963 bits per heavy atom. The maximum atomic E-state index is 12.2. The maximum absolute atomic E-state index is 12.2. The molecule has 0 radical (unpaired) electrons. The van der Waals surface area contributed by atoms with Crippen molar-refractivity contribution in [2.24, 2.45) is 0 Å². The summed E-state index contributed by atoms with van der Waals surface area (Å²) in [5, 5.41) is 23.5. The zero-order chi connectivity index (χ0) is 19.1. The highest BCUT2D eigenvalue weighted by Crippen LogP contribution is 2.24. The third-order valence-electron chi connectivity index (χ3n) is 4.55. The average molecular weight is 360 g/mol. The fourth-order valence-corrected chi connectivity index (χ4v) is 3.14. The number of anilines is 1. The summed E-state index contributed by atoms with van der Waals surface area (Å²) < 4.78 is 5.96. The summed E-state index contributed by atoms with van der Waals surface area (Å²) in [6.45, 7) is 0. The van der Waals surface area contributed by atoms with Crippen LogP contribution in [-0.2, 0) is 0 Å². The van der Waals surface area contributed by atoms with Crippen LogP contribution in [0, 0.1) is 22.7 Å². The average Bonchev–Trinajstić information content (AvgIpc) is 2.70. The van der Waals surface area contributed by atoms with Crippen molar-refractivity contribution >= 4 is 11.7 Å². The lowest BCUT2D eigenvalue weighted by Crippen LogP contribution is -2.41. The van der Waals surface area contributed by atoms with E-state index in [0.717, 1.165) is 31.4 Å². The first-order valence-electron chi connectivity index (χ1n) is 8.91. The number of nitrogens with one attached hydrogen (secondary N) is 2. The summed E-state index contributed by atoms with van der Waals surface area (Å²) in [5.41, 5.74) is 1.72. The van der Waals surface area contributed by atoms with Crippen LogP contribution in [0.1, 0.15) is 36.8 Å². The van der Waals surface area contributed by atoms with Gasteiger partial charge in [0.25, 0.3) is 0 Å². The molecule has 136 valence electrons. The number of benzene rings is 2. The SMILES string of the molecule is N#Cc1ccc(OC2CCC(NC(=O)Nc3cccc(C#N)c3)CC2)cc1. The molecule has 0 aliphatic heterocycles. The highest BCUT2D eigenvalue weighted by atomic mass is 16.5. The van der Waals surface area contributed by atoms with E-state index in [4.69, 9.17) is 15.3 Å². The molecule has 1 aliphatic carbocycles. The quantitative estimate of drug-likeness (QED) is 0.863. The van der Waals surface area contributed by atoms with Crippen molar-refractivity contribution in [1.82, 2.24) is 5.32 Å². The van der Waals surface area contributed by atoms with Gasteiger partial charge in [0, 0.05) is 11.7 Å². The second-order valence-corrected chi connectivity index (χ2v) is 6.52. The molecule has 2 aromatic carbocycles. The van der Waals surface area contributed by atoms with Crippen LogP contribution in [0.3, 0.4) is 0 Å². The molecule has 0 heterocycles. The minimum absolute atomic E-state index is 0.102. The van der Waals surface area contributed by atoms with Crippen LogP contribution in [0.2, 0.25) is 0 Å². The Morgan fingerprint density at radius 2 is 1.67 bits per heavy atom. The van der Waals surface area contributed by atoms with Crippen LogP contribution in [0.4, 0.5) is 10.5 Å². The summed E-state index contributed by atoms with van der Waals surface area (Å²) >= 11 is 0. The summed E-state index contributed by atoms with van der Waals surface area (Å²) in [4.78, 5) is 12.2. The summed E-state index contributed by atoms with van der Waals surface area (Å²) in [7, 11) is 0. The highest BCUT2D eigenvalue weighted by Gasteiger charge is 2.23. The maximum Gasteiger partial charge on any atom is 0.319 e. The zero-order valence-electron chi connectivity index (χ0n) is 14.8. The third kappa shape index (κ3) is 5.23. The van der Waals surface area contributed by atoms with Crippen molar-refractivity contribution in [3.05, 3.63) is 59.7 Å². The third-order valence-corrected chi connectivity index (χ3v) is 4.55. The van der Waals surface area contributed by atoms with Gasteiger partial charge < -0.3 is 15.4 Å². The lowest BCUT2D eigenvalue weighted by molar-refractivity contribution is 0.141. The van der Waals surface area contributed by atoms with Gasteiger partial charge in [0.15, 0.2) is 0 Å². The molecule has 2 N–H and O–H groups in total. The molecule has 0 atom stereocenters. The van der Waals surface area contributed by atoms with Gasteiger partial charge in [0.2, 0.25) is 0 Å². The van der Waals surface area contributed by atoms with Crippen molar-refractivity contribution in [3.63, 3.8) is 0 Å². The van der Waals surface area contributed by atoms with Crippen LogP contribution in [0.25, 0.3) is 0 Å². The molecule has 0 unspecified atom stereocenters. The van der Waals surface area contributed by atoms with E-state index < -0.39 is 0 Å². The molecule has 2 amide bonds. The number of urea groups is 1. The molecular formula is C21H20N4O2. The molecule has 0 aromatic heterocycles. The number of amides is 2. The Kier molecular flexibility index (Phi) is 5.91. The molecule has 1 fully saturated rings. The van der Waals surface area contributed by atoms with E-state index in [1.54, 1.807) is 36.4 Å².